The van der Waals surface area contributed by atoms with Crippen molar-refractivity contribution in [1.29, 1.82) is 0 Å². The zero-order valence-electron chi connectivity index (χ0n) is 10.6. The molecule has 0 bridgehead atoms. The minimum atomic E-state index is -0.0192. The number of nitrogens with zero attached hydrogens (tertiary/aromatic N) is 1. The highest BCUT2D eigenvalue weighted by Gasteiger charge is 2.17. The molecule has 18 heavy (non-hydrogen) atoms. The predicted molar refractivity (Wildman–Crippen MR) is 71.0 cm³/mol. The third kappa shape index (κ3) is 3.50. The molecule has 1 N–H and O–H groups in total. The van der Waals surface area contributed by atoms with Crippen LogP contribution in [0, 0.1) is 0 Å². The number of carbonyl (C=O) groups is 1. The summed E-state index contributed by atoms with van der Waals surface area (Å²) in [4.78, 5) is 16.6. The predicted octanol–water partition coefficient (Wildman–Crippen LogP) is 2.70. The van der Waals surface area contributed by atoms with Crippen LogP contribution in [0.15, 0.2) is 12.3 Å². The van der Waals surface area contributed by atoms with E-state index in [1.165, 1.54) is 6.42 Å². The highest BCUT2D eigenvalue weighted by molar-refractivity contribution is 6.30. The molecule has 5 heteroatoms. The first-order valence-corrected chi connectivity index (χ1v) is 6.75. The normalized spacial score (nSPS) is 19.1. The van der Waals surface area contributed by atoms with E-state index in [9.17, 15) is 4.79 Å². The Morgan fingerprint density at radius 2 is 2.50 bits per heavy atom. The molecule has 100 valence electrons. The van der Waals surface area contributed by atoms with Crippen molar-refractivity contribution >= 4 is 17.5 Å². The second-order valence-electron chi connectivity index (χ2n) is 4.74. The van der Waals surface area contributed by atoms with Gasteiger partial charge in [0.25, 0.3) is 5.91 Å². The lowest BCUT2D eigenvalue weighted by Gasteiger charge is -2.17. The Labute approximate surface area is 112 Å². The van der Waals surface area contributed by atoms with Gasteiger partial charge >= 0.3 is 0 Å². The monoisotopic (exact) mass is 270 g/mol. The van der Waals surface area contributed by atoms with Crippen molar-refractivity contribution in [3.8, 4) is 0 Å². The molecule has 4 nitrogen and oxygen atoms in total. The number of aromatic amines is 1. The smallest absolute Gasteiger partial charge is 0.270 e. The van der Waals surface area contributed by atoms with E-state index in [2.05, 4.69) is 4.98 Å². The van der Waals surface area contributed by atoms with Crippen molar-refractivity contribution in [2.24, 2.45) is 0 Å². The number of amides is 1. The van der Waals surface area contributed by atoms with Crippen molar-refractivity contribution in [2.75, 3.05) is 20.2 Å². The first kappa shape index (κ1) is 13.4. The van der Waals surface area contributed by atoms with E-state index < -0.39 is 0 Å². The first-order chi connectivity index (χ1) is 8.66. The molecule has 0 radical (unpaired) electrons. The van der Waals surface area contributed by atoms with Crippen LogP contribution in [0.5, 0.6) is 0 Å². The third-order valence-corrected chi connectivity index (χ3v) is 3.49. The minimum absolute atomic E-state index is 0.0192. The molecule has 0 saturated carbocycles. The zero-order valence-corrected chi connectivity index (χ0v) is 11.4. The number of carbonyl (C=O) groups excluding carboxylic acids is 1. The molecule has 1 amide bonds. The quantitative estimate of drug-likeness (QED) is 0.894. The van der Waals surface area contributed by atoms with Crippen LogP contribution in [-0.4, -0.2) is 42.1 Å². The van der Waals surface area contributed by atoms with E-state index in [1.54, 1.807) is 17.2 Å². The molecular formula is C13H19ClN2O2. The van der Waals surface area contributed by atoms with Crippen LogP contribution in [0.2, 0.25) is 5.02 Å². The van der Waals surface area contributed by atoms with Gasteiger partial charge < -0.3 is 14.6 Å². The van der Waals surface area contributed by atoms with E-state index >= 15 is 0 Å². The van der Waals surface area contributed by atoms with E-state index in [0.717, 1.165) is 32.4 Å². The summed E-state index contributed by atoms with van der Waals surface area (Å²) in [5.41, 5.74) is 0.541. The van der Waals surface area contributed by atoms with Crippen LogP contribution in [0.25, 0.3) is 0 Å². The highest BCUT2D eigenvalue weighted by Crippen LogP contribution is 2.17. The number of hydrogen-bond donors (Lipinski definition) is 1. The minimum Gasteiger partial charge on any atom is -0.378 e. The van der Waals surface area contributed by atoms with Gasteiger partial charge in [-0.2, -0.15) is 0 Å². The number of aromatic nitrogens is 1. The lowest BCUT2D eigenvalue weighted by molar-refractivity contribution is 0.0758. The lowest BCUT2D eigenvalue weighted by Crippen LogP contribution is -2.28. The topological polar surface area (TPSA) is 45.3 Å². The van der Waals surface area contributed by atoms with Crippen LogP contribution in [0.1, 0.15) is 36.2 Å². The van der Waals surface area contributed by atoms with Gasteiger partial charge in [0.1, 0.15) is 5.69 Å². The van der Waals surface area contributed by atoms with E-state index in [0.29, 0.717) is 16.8 Å². The molecule has 1 aromatic rings. The summed E-state index contributed by atoms with van der Waals surface area (Å²) in [6.07, 6.45) is 6.34. The first-order valence-electron chi connectivity index (χ1n) is 6.38. The summed E-state index contributed by atoms with van der Waals surface area (Å²) in [5, 5.41) is 0.561. The molecule has 2 rings (SSSR count). The maximum atomic E-state index is 12.0. The van der Waals surface area contributed by atoms with Gasteiger partial charge in [-0.3, -0.25) is 4.79 Å². The number of halogens is 1. The molecule has 0 aromatic carbocycles. The van der Waals surface area contributed by atoms with E-state index in [1.807, 2.05) is 7.05 Å². The molecule has 2 heterocycles. The van der Waals surface area contributed by atoms with Gasteiger partial charge in [0.15, 0.2) is 0 Å². The standard InChI is InChI=1S/C13H19ClN2O2/c1-16(6-2-4-11-5-3-7-18-11)13(17)12-8-10(14)9-15-12/h8-9,11,15H,2-7H2,1H3/t11-/m0/s1. The van der Waals surface area contributed by atoms with Crippen LogP contribution >= 0.6 is 11.6 Å². The molecular weight excluding hydrogens is 252 g/mol. The molecule has 0 unspecified atom stereocenters. The van der Waals surface area contributed by atoms with E-state index in [-0.39, 0.29) is 5.91 Å². The highest BCUT2D eigenvalue weighted by atomic mass is 35.5. The average molecular weight is 271 g/mol. The van der Waals surface area contributed by atoms with E-state index in [4.69, 9.17) is 16.3 Å². The molecule has 1 saturated heterocycles. The summed E-state index contributed by atoms with van der Waals surface area (Å²) in [6.45, 7) is 1.63. The lowest BCUT2D eigenvalue weighted by atomic mass is 10.1. The Hall–Kier alpha value is -1.00. The van der Waals surface area contributed by atoms with Crippen LogP contribution in [0.3, 0.4) is 0 Å². The van der Waals surface area contributed by atoms with Crippen molar-refractivity contribution in [2.45, 2.75) is 31.8 Å². The molecule has 1 fully saturated rings. The molecule has 1 aromatic heterocycles. The summed E-state index contributed by atoms with van der Waals surface area (Å²) in [5.74, 6) is -0.0192. The second-order valence-corrected chi connectivity index (χ2v) is 5.17. The van der Waals surface area contributed by atoms with Gasteiger partial charge in [0, 0.05) is 26.4 Å². The van der Waals surface area contributed by atoms with Crippen LogP contribution in [0.4, 0.5) is 0 Å². The van der Waals surface area contributed by atoms with Gasteiger partial charge in [0.2, 0.25) is 0 Å². The van der Waals surface area contributed by atoms with Gasteiger partial charge in [-0.1, -0.05) is 11.6 Å². The van der Waals surface area contributed by atoms with Gasteiger partial charge in [-0.15, -0.1) is 0 Å². The number of H-pyrrole nitrogens is 1. The number of rotatable bonds is 5. The Morgan fingerprint density at radius 1 is 1.67 bits per heavy atom. The summed E-state index contributed by atoms with van der Waals surface area (Å²) in [7, 11) is 1.81. The SMILES string of the molecule is CN(CCC[C@H]1CCCO1)C(=O)c1cc(Cl)c[nH]1. The Balaban J connectivity index is 1.73. The maximum absolute atomic E-state index is 12.0. The fourth-order valence-corrected chi connectivity index (χ4v) is 2.39. The van der Waals surface area contributed by atoms with Gasteiger partial charge in [0.05, 0.1) is 11.1 Å². The largest absolute Gasteiger partial charge is 0.378 e. The summed E-state index contributed by atoms with van der Waals surface area (Å²) < 4.78 is 5.56. The van der Waals surface area contributed by atoms with Crippen molar-refractivity contribution < 1.29 is 9.53 Å². The van der Waals surface area contributed by atoms with Crippen LogP contribution < -0.4 is 0 Å². The Kier molecular flexibility index (Phi) is 4.66. The molecule has 1 aliphatic rings. The van der Waals surface area contributed by atoms with Crippen LogP contribution in [-0.2, 0) is 4.74 Å². The summed E-state index contributed by atoms with van der Waals surface area (Å²) >= 11 is 5.78. The average Bonchev–Trinajstić information content (AvgIpc) is 2.99. The number of hydrogen-bond acceptors (Lipinski definition) is 2. The Bertz CT molecular complexity index is 399. The molecule has 1 aliphatic heterocycles. The van der Waals surface area contributed by atoms with Gasteiger partial charge in [-0.05, 0) is 31.7 Å². The zero-order chi connectivity index (χ0) is 13.0. The van der Waals surface area contributed by atoms with Crippen molar-refractivity contribution in [3.05, 3.63) is 23.0 Å². The summed E-state index contributed by atoms with van der Waals surface area (Å²) in [6, 6.07) is 1.65. The third-order valence-electron chi connectivity index (χ3n) is 3.27. The fraction of sp³-hybridized carbons (Fsp3) is 0.615. The Morgan fingerprint density at radius 3 is 3.11 bits per heavy atom. The number of ether oxygens (including phenoxy) is 1. The fourth-order valence-electron chi connectivity index (χ4n) is 2.23. The number of nitrogens with one attached hydrogen (secondary N) is 1. The van der Waals surface area contributed by atoms with Crippen molar-refractivity contribution in [1.82, 2.24) is 9.88 Å². The maximum Gasteiger partial charge on any atom is 0.270 e. The second kappa shape index (κ2) is 6.25. The molecule has 0 aliphatic carbocycles. The van der Waals surface area contributed by atoms with Crippen molar-refractivity contribution in [3.63, 3.8) is 0 Å². The van der Waals surface area contributed by atoms with Gasteiger partial charge in [-0.25, -0.2) is 0 Å². The molecule has 1 atom stereocenters. The molecule has 0 spiro atoms.